The Morgan fingerprint density at radius 2 is 0.722 bits per heavy atom. The maximum Gasteiger partial charge on any atom is 0.143 e. The minimum atomic E-state index is 0.892. The van der Waals surface area contributed by atoms with E-state index in [2.05, 4.69) is 278 Å². The molecule has 14 rings (SSSR count). The van der Waals surface area contributed by atoms with Crippen molar-refractivity contribution in [1.29, 1.82) is 0 Å². The van der Waals surface area contributed by atoms with E-state index < -0.39 is 0 Å². The Morgan fingerprint density at radius 1 is 0.250 bits per heavy atom. The largest absolute Gasteiger partial charge is 0.455 e. The molecule has 0 fully saturated rings. The zero-order chi connectivity index (χ0) is 47.5. The molecule has 0 atom stereocenters. The van der Waals surface area contributed by atoms with E-state index in [4.69, 9.17) is 4.42 Å². The van der Waals surface area contributed by atoms with Gasteiger partial charge in [-0.05, 0) is 154 Å². The summed E-state index contributed by atoms with van der Waals surface area (Å²) in [6, 6.07) is 99.2. The predicted octanol–water partition coefficient (Wildman–Crippen LogP) is 20.0. The van der Waals surface area contributed by atoms with E-state index in [0.29, 0.717) is 0 Å². The molecule has 0 radical (unpaired) electrons. The van der Waals surface area contributed by atoms with Crippen LogP contribution in [0.25, 0.3) is 121 Å². The van der Waals surface area contributed by atoms with Gasteiger partial charge >= 0.3 is 0 Å². The van der Waals surface area contributed by atoms with Crippen molar-refractivity contribution in [1.82, 2.24) is 0 Å². The summed E-state index contributed by atoms with van der Waals surface area (Å²) in [6.45, 7) is 0. The molecule has 2 nitrogen and oxygen atoms in total. The molecule has 0 spiro atoms. The van der Waals surface area contributed by atoms with Crippen LogP contribution in [0.4, 0.5) is 17.1 Å². The second-order valence-electron chi connectivity index (χ2n) is 18.8. The van der Waals surface area contributed by atoms with Crippen molar-refractivity contribution in [3.8, 4) is 55.6 Å². The van der Waals surface area contributed by atoms with Gasteiger partial charge in [0.1, 0.15) is 11.2 Å². The lowest BCUT2D eigenvalue weighted by molar-refractivity contribution is 0.673. The highest BCUT2D eigenvalue weighted by Gasteiger charge is 2.20. The van der Waals surface area contributed by atoms with Gasteiger partial charge in [-0.2, -0.15) is 0 Å². The van der Waals surface area contributed by atoms with Crippen molar-refractivity contribution in [3.63, 3.8) is 0 Å². The minimum absolute atomic E-state index is 0.892. The monoisotopic (exact) mass is 915 g/mol. The first-order chi connectivity index (χ1) is 35.7. The molecule has 0 saturated carbocycles. The fourth-order valence-electron chi connectivity index (χ4n) is 11.2. The Labute approximate surface area is 417 Å². The van der Waals surface area contributed by atoms with Gasteiger partial charge < -0.3 is 9.32 Å². The number of hydrogen-bond donors (Lipinski definition) is 0. The Hall–Kier alpha value is -9.50. The second kappa shape index (κ2) is 17.2. The smallest absolute Gasteiger partial charge is 0.143 e. The summed E-state index contributed by atoms with van der Waals surface area (Å²) in [5.41, 5.74) is 17.0. The summed E-state index contributed by atoms with van der Waals surface area (Å²) >= 11 is 0. The van der Waals surface area contributed by atoms with Gasteiger partial charge in [-0.3, -0.25) is 0 Å². The standard InChI is InChI=1S/C70H45NO/c1-3-16-51(17-4-1)67-63-23-12-11-22-61(63)62-42-35-55(45-65(62)68(67)52-18-5-2-6-19-52)48-30-38-57(39-31-48)71(56-36-28-47(29-37-56)54-27-26-46-14-7-8-20-53(46)44-54)58-40-32-50(33-41-58)59-24-13-25-66-69(59)64-43-34-49-15-9-10-21-60(49)70(64)72-66/h1-45H. The third kappa shape index (κ3) is 7.03. The summed E-state index contributed by atoms with van der Waals surface area (Å²) in [5.74, 6) is 0. The summed E-state index contributed by atoms with van der Waals surface area (Å²) < 4.78 is 6.59. The van der Waals surface area contributed by atoms with Crippen LogP contribution in [0.3, 0.4) is 0 Å². The highest BCUT2D eigenvalue weighted by Crippen LogP contribution is 2.47. The van der Waals surface area contributed by atoms with E-state index in [0.717, 1.165) is 61.1 Å². The third-order valence-electron chi connectivity index (χ3n) is 14.6. The first-order valence-electron chi connectivity index (χ1n) is 24.7. The van der Waals surface area contributed by atoms with Crippen molar-refractivity contribution in [2.24, 2.45) is 0 Å². The number of rotatable bonds is 8. The van der Waals surface area contributed by atoms with Gasteiger partial charge in [0, 0.05) is 33.2 Å². The van der Waals surface area contributed by atoms with Gasteiger partial charge in [0.15, 0.2) is 0 Å². The lowest BCUT2D eigenvalue weighted by Gasteiger charge is -2.26. The molecule has 0 saturated heterocycles. The minimum Gasteiger partial charge on any atom is -0.455 e. The van der Waals surface area contributed by atoms with Gasteiger partial charge in [0.25, 0.3) is 0 Å². The van der Waals surface area contributed by atoms with Crippen molar-refractivity contribution < 1.29 is 4.42 Å². The van der Waals surface area contributed by atoms with E-state index in [1.807, 2.05) is 0 Å². The van der Waals surface area contributed by atoms with E-state index in [1.54, 1.807) is 0 Å². The van der Waals surface area contributed by atoms with Crippen molar-refractivity contribution in [3.05, 3.63) is 273 Å². The van der Waals surface area contributed by atoms with Gasteiger partial charge in [0.2, 0.25) is 0 Å². The maximum absolute atomic E-state index is 6.59. The maximum atomic E-state index is 6.59. The molecule has 0 unspecified atom stereocenters. The first kappa shape index (κ1) is 41.5. The van der Waals surface area contributed by atoms with Crippen LogP contribution in [-0.2, 0) is 0 Å². The molecule has 13 aromatic carbocycles. The lowest BCUT2D eigenvalue weighted by Crippen LogP contribution is -2.09. The Bertz CT molecular complexity index is 4340. The SMILES string of the molecule is c1ccc(-c2c(-c3ccccc3)c3cc(-c4ccc(N(c5ccc(-c6ccc7ccccc7c6)cc5)c5ccc(-c6cccc7oc8c9ccccc9ccc8c67)cc5)cc4)ccc3c3ccccc23)cc1. The molecule has 0 aliphatic carbocycles. The van der Waals surface area contributed by atoms with E-state index >= 15 is 0 Å². The van der Waals surface area contributed by atoms with Gasteiger partial charge in [0.05, 0.1) is 0 Å². The Balaban J connectivity index is 0.882. The first-order valence-corrected chi connectivity index (χ1v) is 24.7. The fraction of sp³-hybridized carbons (Fsp3) is 0. The summed E-state index contributed by atoms with van der Waals surface area (Å²) in [4.78, 5) is 2.36. The fourth-order valence-corrected chi connectivity index (χ4v) is 11.2. The highest BCUT2D eigenvalue weighted by molar-refractivity contribution is 6.22. The van der Waals surface area contributed by atoms with E-state index in [-0.39, 0.29) is 0 Å². The normalized spacial score (nSPS) is 11.6. The molecule has 72 heavy (non-hydrogen) atoms. The van der Waals surface area contributed by atoms with Crippen LogP contribution in [0.1, 0.15) is 0 Å². The van der Waals surface area contributed by atoms with Crippen LogP contribution in [-0.4, -0.2) is 0 Å². The zero-order valence-corrected chi connectivity index (χ0v) is 39.3. The van der Waals surface area contributed by atoms with Crippen LogP contribution < -0.4 is 4.90 Å². The molecule has 336 valence electrons. The van der Waals surface area contributed by atoms with E-state index in [9.17, 15) is 0 Å². The van der Waals surface area contributed by atoms with E-state index in [1.165, 1.54) is 76.6 Å². The number of furan rings is 1. The average molecular weight is 916 g/mol. The molecule has 1 heterocycles. The molecule has 0 amide bonds. The third-order valence-corrected chi connectivity index (χ3v) is 14.6. The summed E-state index contributed by atoms with van der Waals surface area (Å²) in [7, 11) is 0. The molecular formula is C70H45NO. The number of nitrogens with zero attached hydrogens (tertiary/aromatic N) is 1. The van der Waals surface area contributed by atoms with Gasteiger partial charge in [-0.1, -0.05) is 212 Å². The Kier molecular flexibility index (Phi) is 9.89. The van der Waals surface area contributed by atoms with Crippen molar-refractivity contribution in [2.75, 3.05) is 4.90 Å². The molecule has 0 aliphatic rings. The van der Waals surface area contributed by atoms with Gasteiger partial charge in [-0.15, -0.1) is 0 Å². The van der Waals surface area contributed by atoms with Crippen LogP contribution in [0.2, 0.25) is 0 Å². The molecular weight excluding hydrogens is 871 g/mol. The van der Waals surface area contributed by atoms with Crippen molar-refractivity contribution in [2.45, 2.75) is 0 Å². The van der Waals surface area contributed by atoms with Crippen LogP contribution >= 0.6 is 0 Å². The molecule has 0 bridgehead atoms. The van der Waals surface area contributed by atoms with Crippen LogP contribution in [0, 0.1) is 0 Å². The quantitative estimate of drug-likeness (QED) is 0.141. The average Bonchev–Trinajstić information content (AvgIpc) is 3.86. The number of fused-ring (bicyclic) bond motifs is 9. The molecule has 2 heteroatoms. The lowest BCUT2D eigenvalue weighted by atomic mass is 9.84. The summed E-state index contributed by atoms with van der Waals surface area (Å²) in [6.07, 6.45) is 0. The zero-order valence-electron chi connectivity index (χ0n) is 39.3. The number of benzene rings is 13. The van der Waals surface area contributed by atoms with Gasteiger partial charge in [-0.25, -0.2) is 0 Å². The number of anilines is 3. The molecule has 0 aliphatic heterocycles. The Morgan fingerprint density at radius 3 is 1.39 bits per heavy atom. The molecule has 1 aromatic heterocycles. The van der Waals surface area contributed by atoms with Crippen LogP contribution in [0.5, 0.6) is 0 Å². The van der Waals surface area contributed by atoms with Crippen molar-refractivity contribution >= 4 is 82.1 Å². The highest BCUT2D eigenvalue weighted by atomic mass is 16.3. The predicted molar refractivity (Wildman–Crippen MR) is 306 cm³/mol. The molecule has 0 N–H and O–H groups in total. The second-order valence-corrected chi connectivity index (χ2v) is 18.8. The topological polar surface area (TPSA) is 16.4 Å². The van der Waals surface area contributed by atoms with Crippen LogP contribution in [0.15, 0.2) is 277 Å². The number of hydrogen-bond acceptors (Lipinski definition) is 2. The summed E-state index contributed by atoms with van der Waals surface area (Å²) in [5, 5.41) is 12.0. The molecule has 14 aromatic rings.